The summed E-state index contributed by atoms with van der Waals surface area (Å²) < 4.78 is 5.27. The van der Waals surface area contributed by atoms with Crippen molar-refractivity contribution < 1.29 is 4.74 Å². The van der Waals surface area contributed by atoms with Gasteiger partial charge in [-0.25, -0.2) is 4.98 Å². The molecule has 4 heteroatoms. The normalized spacial score (nSPS) is 12.7. The first-order valence-corrected chi connectivity index (χ1v) is 7.34. The number of fused-ring (bicyclic) bond motifs is 1. The van der Waals surface area contributed by atoms with E-state index in [-0.39, 0.29) is 5.38 Å². The molecule has 0 aliphatic heterocycles. The second kappa shape index (κ2) is 6.80. The van der Waals surface area contributed by atoms with E-state index in [9.17, 15) is 0 Å². The Morgan fingerprint density at radius 1 is 1.30 bits per heavy atom. The van der Waals surface area contributed by atoms with E-state index < -0.39 is 0 Å². The van der Waals surface area contributed by atoms with Crippen LogP contribution in [0.1, 0.15) is 20.3 Å². The number of hydrogen-bond acceptors (Lipinski definition) is 3. The van der Waals surface area contributed by atoms with Gasteiger partial charge in [0.15, 0.2) is 0 Å². The standard InChI is InChI=1S/C16H21ClN2O/c1-11(2)8-13(17)10-19-16-15-9-14(20-3)5-4-12(15)6-7-18-16/h4-7,9,11,13H,8,10H2,1-3H3,(H,18,19). The summed E-state index contributed by atoms with van der Waals surface area (Å²) in [5, 5.41) is 5.65. The van der Waals surface area contributed by atoms with Gasteiger partial charge < -0.3 is 10.1 Å². The molecule has 1 aromatic heterocycles. The van der Waals surface area contributed by atoms with Gasteiger partial charge in [-0.3, -0.25) is 0 Å². The molecular weight excluding hydrogens is 272 g/mol. The van der Waals surface area contributed by atoms with E-state index in [0.29, 0.717) is 12.5 Å². The van der Waals surface area contributed by atoms with E-state index in [2.05, 4.69) is 24.1 Å². The van der Waals surface area contributed by atoms with E-state index in [1.54, 1.807) is 7.11 Å². The fourth-order valence-corrected chi connectivity index (χ4v) is 2.65. The molecule has 1 heterocycles. The van der Waals surface area contributed by atoms with Gasteiger partial charge in [-0.1, -0.05) is 19.9 Å². The van der Waals surface area contributed by atoms with Gasteiger partial charge in [0.25, 0.3) is 0 Å². The lowest BCUT2D eigenvalue weighted by molar-refractivity contribution is 0.415. The molecular formula is C16H21ClN2O. The van der Waals surface area contributed by atoms with Crippen molar-refractivity contribution >= 4 is 28.2 Å². The molecule has 0 radical (unpaired) electrons. The molecule has 0 spiro atoms. The Labute approximate surface area is 125 Å². The third-order valence-electron chi connectivity index (χ3n) is 3.19. The van der Waals surface area contributed by atoms with Crippen molar-refractivity contribution in [3.63, 3.8) is 0 Å². The summed E-state index contributed by atoms with van der Waals surface area (Å²) in [7, 11) is 1.67. The molecule has 20 heavy (non-hydrogen) atoms. The van der Waals surface area contributed by atoms with E-state index in [4.69, 9.17) is 16.3 Å². The maximum absolute atomic E-state index is 6.32. The number of benzene rings is 1. The van der Waals surface area contributed by atoms with Crippen LogP contribution in [-0.2, 0) is 0 Å². The third kappa shape index (κ3) is 3.76. The Morgan fingerprint density at radius 3 is 2.80 bits per heavy atom. The molecule has 0 aliphatic carbocycles. The molecule has 0 bridgehead atoms. The maximum Gasteiger partial charge on any atom is 0.134 e. The zero-order chi connectivity index (χ0) is 14.5. The molecule has 0 saturated carbocycles. The summed E-state index contributed by atoms with van der Waals surface area (Å²) in [5.74, 6) is 2.29. The Balaban J connectivity index is 2.16. The Hall–Kier alpha value is -1.48. The van der Waals surface area contributed by atoms with Crippen LogP contribution >= 0.6 is 11.6 Å². The van der Waals surface area contributed by atoms with Crippen molar-refractivity contribution in [1.82, 2.24) is 4.98 Å². The first-order valence-electron chi connectivity index (χ1n) is 6.91. The highest BCUT2D eigenvalue weighted by Crippen LogP contribution is 2.26. The molecule has 108 valence electrons. The number of rotatable bonds is 6. The van der Waals surface area contributed by atoms with Crippen LogP contribution in [-0.4, -0.2) is 24.0 Å². The minimum Gasteiger partial charge on any atom is -0.497 e. The molecule has 0 amide bonds. The van der Waals surface area contributed by atoms with Gasteiger partial charge in [-0.15, -0.1) is 11.6 Å². The van der Waals surface area contributed by atoms with Crippen LogP contribution in [0.4, 0.5) is 5.82 Å². The second-order valence-corrected chi connectivity index (χ2v) is 5.97. The highest BCUT2D eigenvalue weighted by atomic mass is 35.5. The van der Waals surface area contributed by atoms with Crippen LogP contribution < -0.4 is 10.1 Å². The maximum atomic E-state index is 6.32. The molecule has 2 rings (SSSR count). The van der Waals surface area contributed by atoms with Crippen LogP contribution in [0, 0.1) is 5.92 Å². The third-order valence-corrected chi connectivity index (χ3v) is 3.52. The van der Waals surface area contributed by atoms with Crippen molar-refractivity contribution in [3.8, 4) is 5.75 Å². The summed E-state index contributed by atoms with van der Waals surface area (Å²) in [6, 6.07) is 7.98. The van der Waals surface area contributed by atoms with Gasteiger partial charge in [0.1, 0.15) is 11.6 Å². The van der Waals surface area contributed by atoms with Crippen LogP contribution in [0.5, 0.6) is 5.75 Å². The first-order chi connectivity index (χ1) is 9.60. The summed E-state index contributed by atoms with van der Waals surface area (Å²) >= 11 is 6.32. The van der Waals surface area contributed by atoms with Crippen molar-refractivity contribution in [1.29, 1.82) is 0 Å². The molecule has 0 aliphatic rings. The highest BCUT2D eigenvalue weighted by molar-refractivity contribution is 6.21. The topological polar surface area (TPSA) is 34.1 Å². The lowest BCUT2D eigenvalue weighted by Gasteiger charge is -2.14. The minimum absolute atomic E-state index is 0.109. The van der Waals surface area contributed by atoms with Gasteiger partial charge in [0, 0.05) is 18.1 Å². The zero-order valence-corrected chi connectivity index (χ0v) is 12.9. The van der Waals surface area contributed by atoms with Crippen molar-refractivity contribution in [2.24, 2.45) is 5.92 Å². The molecule has 1 atom stereocenters. The average Bonchev–Trinajstić information content (AvgIpc) is 2.43. The molecule has 1 N–H and O–H groups in total. The van der Waals surface area contributed by atoms with E-state index in [1.165, 1.54) is 0 Å². The molecule has 2 aromatic rings. The van der Waals surface area contributed by atoms with Crippen molar-refractivity contribution in [2.45, 2.75) is 25.6 Å². The van der Waals surface area contributed by atoms with Gasteiger partial charge in [-0.2, -0.15) is 0 Å². The van der Waals surface area contributed by atoms with Gasteiger partial charge >= 0.3 is 0 Å². The number of methoxy groups -OCH3 is 1. The van der Waals surface area contributed by atoms with E-state index >= 15 is 0 Å². The SMILES string of the molecule is COc1ccc2ccnc(NCC(Cl)CC(C)C)c2c1. The second-order valence-electron chi connectivity index (χ2n) is 5.35. The van der Waals surface area contributed by atoms with E-state index in [1.807, 2.05) is 30.5 Å². The van der Waals surface area contributed by atoms with Gasteiger partial charge in [-0.05, 0) is 35.9 Å². The van der Waals surface area contributed by atoms with Crippen LogP contribution in [0.2, 0.25) is 0 Å². The summed E-state index contributed by atoms with van der Waals surface area (Å²) in [6.07, 6.45) is 2.80. The number of hydrogen-bond donors (Lipinski definition) is 1. The van der Waals surface area contributed by atoms with Gasteiger partial charge in [0.2, 0.25) is 0 Å². The first kappa shape index (κ1) is 14.9. The molecule has 1 unspecified atom stereocenters. The number of pyridine rings is 1. The Kier molecular flexibility index (Phi) is 5.07. The number of aromatic nitrogens is 1. The molecule has 0 saturated heterocycles. The van der Waals surface area contributed by atoms with Crippen molar-refractivity contribution in [2.75, 3.05) is 19.0 Å². The number of ether oxygens (including phenoxy) is 1. The number of nitrogens with zero attached hydrogens (tertiary/aromatic N) is 1. The summed E-state index contributed by atoms with van der Waals surface area (Å²) in [6.45, 7) is 5.07. The molecule has 1 aromatic carbocycles. The minimum atomic E-state index is 0.109. The average molecular weight is 293 g/mol. The largest absolute Gasteiger partial charge is 0.497 e. The number of halogens is 1. The summed E-state index contributed by atoms with van der Waals surface area (Å²) in [5.41, 5.74) is 0. The lowest BCUT2D eigenvalue weighted by Crippen LogP contribution is -2.17. The fraction of sp³-hybridized carbons (Fsp3) is 0.438. The number of nitrogens with one attached hydrogen (secondary N) is 1. The van der Waals surface area contributed by atoms with Crippen molar-refractivity contribution in [3.05, 3.63) is 30.5 Å². The van der Waals surface area contributed by atoms with Crippen LogP contribution in [0.3, 0.4) is 0 Å². The van der Waals surface area contributed by atoms with Gasteiger partial charge in [0.05, 0.1) is 12.5 Å². The fourth-order valence-electron chi connectivity index (χ4n) is 2.22. The Morgan fingerprint density at radius 2 is 2.10 bits per heavy atom. The Bertz CT molecular complexity index is 571. The van der Waals surface area contributed by atoms with Crippen LogP contribution in [0.25, 0.3) is 10.8 Å². The lowest BCUT2D eigenvalue weighted by atomic mass is 10.1. The molecule has 3 nitrogen and oxygen atoms in total. The van der Waals surface area contributed by atoms with E-state index in [0.717, 1.165) is 28.8 Å². The number of alkyl halides is 1. The predicted octanol–water partition coefficient (Wildman–Crippen LogP) is 4.31. The molecule has 0 fully saturated rings. The predicted molar refractivity (Wildman–Crippen MR) is 85.9 cm³/mol. The quantitative estimate of drug-likeness (QED) is 0.806. The smallest absolute Gasteiger partial charge is 0.134 e. The monoisotopic (exact) mass is 292 g/mol. The number of anilines is 1. The summed E-state index contributed by atoms with van der Waals surface area (Å²) in [4.78, 5) is 4.41. The zero-order valence-electron chi connectivity index (χ0n) is 12.2. The highest BCUT2D eigenvalue weighted by Gasteiger charge is 2.09. The van der Waals surface area contributed by atoms with Crippen LogP contribution in [0.15, 0.2) is 30.5 Å².